The first-order valence-electron chi connectivity index (χ1n) is 3.80. The first-order chi connectivity index (χ1) is 5.57. The van der Waals surface area contributed by atoms with Crippen LogP contribution in [-0.4, -0.2) is 15.7 Å². The van der Waals surface area contributed by atoms with Gasteiger partial charge in [0.2, 0.25) is 0 Å². The van der Waals surface area contributed by atoms with E-state index >= 15 is 0 Å². The Hall–Kier alpha value is -0.570. The van der Waals surface area contributed by atoms with E-state index in [0.717, 1.165) is 17.0 Å². The summed E-state index contributed by atoms with van der Waals surface area (Å²) in [6, 6.07) is 1.93. The predicted octanol–water partition coefficient (Wildman–Crippen LogP) is 2.22. The van der Waals surface area contributed by atoms with Gasteiger partial charge < -0.3 is 4.57 Å². The molecule has 12 heavy (non-hydrogen) atoms. The standard InChI is InChI=1S/C9H12BrNO/c1-6-4-8(9(12)5-10)7(2)11(6)3/h4H,5H2,1-3H3. The van der Waals surface area contributed by atoms with Crippen LogP contribution in [0.1, 0.15) is 21.7 Å². The Balaban J connectivity index is 3.17. The van der Waals surface area contributed by atoms with Gasteiger partial charge in [-0.05, 0) is 19.9 Å². The maximum atomic E-state index is 11.3. The molecule has 0 radical (unpaired) electrons. The molecule has 0 saturated heterocycles. The molecule has 1 aromatic heterocycles. The number of carbonyl (C=O) groups excluding carboxylic acids is 1. The van der Waals surface area contributed by atoms with Gasteiger partial charge in [-0.15, -0.1) is 0 Å². The van der Waals surface area contributed by atoms with Crippen LogP contribution in [0.3, 0.4) is 0 Å². The van der Waals surface area contributed by atoms with E-state index in [0.29, 0.717) is 5.33 Å². The fourth-order valence-electron chi connectivity index (χ4n) is 1.21. The number of ketones is 1. The lowest BCUT2D eigenvalue weighted by Gasteiger charge is -1.99. The zero-order valence-corrected chi connectivity index (χ0v) is 9.10. The molecular formula is C9H12BrNO. The second kappa shape index (κ2) is 3.44. The average Bonchev–Trinajstić information content (AvgIpc) is 2.32. The zero-order chi connectivity index (χ0) is 9.30. The van der Waals surface area contributed by atoms with E-state index in [4.69, 9.17) is 0 Å². The highest BCUT2D eigenvalue weighted by molar-refractivity contribution is 9.09. The molecule has 66 valence electrons. The van der Waals surface area contributed by atoms with Gasteiger partial charge >= 0.3 is 0 Å². The van der Waals surface area contributed by atoms with Crippen LogP contribution in [0.2, 0.25) is 0 Å². The molecule has 0 spiro atoms. The van der Waals surface area contributed by atoms with Gasteiger partial charge in [-0.1, -0.05) is 15.9 Å². The van der Waals surface area contributed by atoms with Crippen molar-refractivity contribution < 1.29 is 4.79 Å². The molecule has 3 heteroatoms. The van der Waals surface area contributed by atoms with E-state index in [1.807, 2.05) is 31.5 Å². The molecule has 0 aromatic carbocycles. The number of aromatic nitrogens is 1. The molecule has 0 fully saturated rings. The Bertz CT molecular complexity index is 315. The maximum Gasteiger partial charge on any atom is 0.175 e. The van der Waals surface area contributed by atoms with Crippen LogP contribution in [0.5, 0.6) is 0 Å². The number of aryl methyl sites for hydroxylation is 1. The Morgan fingerprint density at radius 3 is 2.50 bits per heavy atom. The summed E-state index contributed by atoms with van der Waals surface area (Å²) in [5.41, 5.74) is 2.99. The molecule has 2 nitrogen and oxygen atoms in total. The summed E-state index contributed by atoms with van der Waals surface area (Å²) in [7, 11) is 1.97. The highest BCUT2D eigenvalue weighted by atomic mass is 79.9. The van der Waals surface area contributed by atoms with Crippen molar-refractivity contribution in [2.24, 2.45) is 7.05 Å². The minimum absolute atomic E-state index is 0.149. The van der Waals surface area contributed by atoms with Gasteiger partial charge in [0, 0.05) is 24.0 Å². The first kappa shape index (κ1) is 9.52. The van der Waals surface area contributed by atoms with Crippen LogP contribution < -0.4 is 0 Å². The van der Waals surface area contributed by atoms with Crippen LogP contribution >= 0.6 is 15.9 Å². The average molecular weight is 230 g/mol. The summed E-state index contributed by atoms with van der Waals surface area (Å²) in [6.07, 6.45) is 0. The van der Waals surface area contributed by atoms with Crippen LogP contribution in [0.25, 0.3) is 0 Å². The van der Waals surface area contributed by atoms with Crippen LogP contribution in [-0.2, 0) is 7.05 Å². The van der Waals surface area contributed by atoms with Crippen molar-refractivity contribution in [3.63, 3.8) is 0 Å². The molecule has 0 unspecified atom stereocenters. The molecule has 0 aliphatic heterocycles. The molecule has 1 heterocycles. The summed E-state index contributed by atoms with van der Waals surface area (Å²) in [5.74, 6) is 0.149. The third kappa shape index (κ3) is 1.46. The minimum Gasteiger partial charge on any atom is -0.351 e. The summed E-state index contributed by atoms with van der Waals surface area (Å²) in [4.78, 5) is 11.3. The molecule has 1 rings (SSSR count). The van der Waals surface area contributed by atoms with Crippen molar-refractivity contribution in [1.82, 2.24) is 4.57 Å². The van der Waals surface area contributed by atoms with Gasteiger partial charge in [0.15, 0.2) is 5.78 Å². The molecule has 0 bridgehead atoms. The number of nitrogens with zero attached hydrogens (tertiary/aromatic N) is 1. The van der Waals surface area contributed by atoms with Gasteiger partial charge in [-0.2, -0.15) is 0 Å². The van der Waals surface area contributed by atoms with Crippen molar-refractivity contribution >= 4 is 21.7 Å². The number of Topliss-reactive ketones (excluding diaryl/α,β-unsaturated/α-hetero) is 1. The predicted molar refractivity (Wildman–Crippen MR) is 53.0 cm³/mol. The van der Waals surface area contributed by atoms with Crippen LogP contribution in [0.4, 0.5) is 0 Å². The highest BCUT2D eigenvalue weighted by Crippen LogP contribution is 2.14. The number of rotatable bonds is 2. The van der Waals surface area contributed by atoms with Gasteiger partial charge in [0.1, 0.15) is 0 Å². The van der Waals surface area contributed by atoms with E-state index in [-0.39, 0.29) is 5.78 Å². The Labute approximate surface area is 80.7 Å². The number of halogens is 1. The summed E-state index contributed by atoms with van der Waals surface area (Å²) in [6.45, 7) is 3.96. The zero-order valence-electron chi connectivity index (χ0n) is 7.52. The third-order valence-electron chi connectivity index (χ3n) is 2.20. The minimum atomic E-state index is 0.149. The van der Waals surface area contributed by atoms with Gasteiger partial charge in [0.05, 0.1) is 5.33 Å². The molecule has 1 aromatic rings. The Kier molecular flexibility index (Phi) is 2.73. The summed E-state index contributed by atoms with van der Waals surface area (Å²) >= 11 is 3.16. The number of carbonyl (C=O) groups is 1. The van der Waals surface area contributed by atoms with Crippen molar-refractivity contribution in [3.05, 3.63) is 23.0 Å². The fourth-order valence-corrected chi connectivity index (χ4v) is 1.51. The van der Waals surface area contributed by atoms with Crippen molar-refractivity contribution in [2.45, 2.75) is 13.8 Å². The summed E-state index contributed by atoms with van der Waals surface area (Å²) < 4.78 is 2.02. The first-order valence-corrected chi connectivity index (χ1v) is 4.92. The van der Waals surface area contributed by atoms with Crippen LogP contribution in [0, 0.1) is 13.8 Å². The molecule has 0 N–H and O–H groups in total. The second-order valence-electron chi connectivity index (χ2n) is 2.90. The topological polar surface area (TPSA) is 22.0 Å². The Morgan fingerprint density at radius 1 is 1.58 bits per heavy atom. The normalized spacial score (nSPS) is 10.3. The number of hydrogen-bond acceptors (Lipinski definition) is 1. The van der Waals surface area contributed by atoms with E-state index < -0.39 is 0 Å². The van der Waals surface area contributed by atoms with Gasteiger partial charge in [-0.25, -0.2) is 0 Å². The van der Waals surface area contributed by atoms with Crippen molar-refractivity contribution in [2.75, 3.05) is 5.33 Å². The fraction of sp³-hybridized carbons (Fsp3) is 0.444. The summed E-state index contributed by atoms with van der Waals surface area (Å²) in [5, 5.41) is 0.400. The smallest absolute Gasteiger partial charge is 0.175 e. The second-order valence-corrected chi connectivity index (χ2v) is 3.46. The highest BCUT2D eigenvalue weighted by Gasteiger charge is 2.11. The van der Waals surface area contributed by atoms with E-state index in [1.165, 1.54) is 0 Å². The van der Waals surface area contributed by atoms with Gasteiger partial charge in [0.25, 0.3) is 0 Å². The van der Waals surface area contributed by atoms with E-state index in [9.17, 15) is 4.79 Å². The largest absolute Gasteiger partial charge is 0.351 e. The van der Waals surface area contributed by atoms with Crippen LogP contribution in [0.15, 0.2) is 6.07 Å². The maximum absolute atomic E-state index is 11.3. The van der Waals surface area contributed by atoms with Gasteiger partial charge in [-0.3, -0.25) is 4.79 Å². The van der Waals surface area contributed by atoms with E-state index in [1.54, 1.807) is 0 Å². The lowest BCUT2D eigenvalue weighted by molar-refractivity contribution is 0.102. The molecule has 0 amide bonds. The van der Waals surface area contributed by atoms with Crippen molar-refractivity contribution in [3.8, 4) is 0 Å². The SMILES string of the molecule is Cc1cc(C(=O)CBr)c(C)n1C. The molecule has 0 aliphatic rings. The number of alkyl halides is 1. The molecular weight excluding hydrogens is 218 g/mol. The Morgan fingerprint density at radius 2 is 2.17 bits per heavy atom. The third-order valence-corrected chi connectivity index (χ3v) is 2.71. The lowest BCUT2D eigenvalue weighted by Crippen LogP contribution is -2.02. The number of hydrogen-bond donors (Lipinski definition) is 0. The quantitative estimate of drug-likeness (QED) is 0.564. The lowest BCUT2D eigenvalue weighted by atomic mass is 10.2. The van der Waals surface area contributed by atoms with E-state index in [2.05, 4.69) is 15.9 Å². The molecule has 0 atom stereocenters. The molecule has 0 aliphatic carbocycles. The molecule has 0 saturated carbocycles. The van der Waals surface area contributed by atoms with Crippen molar-refractivity contribution in [1.29, 1.82) is 0 Å². The monoisotopic (exact) mass is 229 g/mol.